The van der Waals surface area contributed by atoms with E-state index in [1.165, 1.54) is 0 Å². The van der Waals surface area contributed by atoms with Gasteiger partial charge in [0.05, 0.1) is 17.8 Å². The first-order valence-electron chi connectivity index (χ1n) is 10.1. The Bertz CT molecular complexity index is 1040. The normalized spacial score (nSPS) is 11.2. The maximum Gasteiger partial charge on any atom is 0.254 e. The standard InChI is InChI=1S/C24H27N3O3/c1-4-22-25-21(18-8-6-5-7-9-18)16-23(29)27(22)14-15-30-20-12-10-19(11-13-20)26-24(2,3)17-28/h5-13,16-17,26H,4,14-15H2,1-3H3. The summed E-state index contributed by atoms with van der Waals surface area (Å²) in [5, 5.41) is 3.14. The van der Waals surface area contributed by atoms with Gasteiger partial charge in [-0.15, -0.1) is 0 Å². The lowest BCUT2D eigenvalue weighted by Gasteiger charge is -2.20. The summed E-state index contributed by atoms with van der Waals surface area (Å²) in [6.45, 7) is 6.38. The van der Waals surface area contributed by atoms with Crippen LogP contribution in [0.2, 0.25) is 0 Å². The van der Waals surface area contributed by atoms with E-state index in [1.54, 1.807) is 10.6 Å². The van der Waals surface area contributed by atoms with Crippen LogP contribution < -0.4 is 15.6 Å². The van der Waals surface area contributed by atoms with E-state index in [0.29, 0.717) is 31.0 Å². The van der Waals surface area contributed by atoms with Gasteiger partial charge in [0, 0.05) is 23.7 Å². The number of anilines is 1. The molecule has 0 unspecified atom stereocenters. The third-order valence-corrected chi connectivity index (χ3v) is 4.67. The molecule has 0 atom stereocenters. The Balaban J connectivity index is 1.66. The Morgan fingerprint density at radius 3 is 2.43 bits per heavy atom. The van der Waals surface area contributed by atoms with E-state index < -0.39 is 5.54 Å². The number of carbonyl (C=O) groups is 1. The fourth-order valence-electron chi connectivity index (χ4n) is 3.11. The highest BCUT2D eigenvalue weighted by Crippen LogP contribution is 2.19. The number of hydrogen-bond acceptors (Lipinski definition) is 5. The smallest absolute Gasteiger partial charge is 0.254 e. The van der Waals surface area contributed by atoms with Crippen molar-refractivity contribution in [1.82, 2.24) is 9.55 Å². The van der Waals surface area contributed by atoms with Crippen molar-refractivity contribution in [1.29, 1.82) is 0 Å². The fourth-order valence-corrected chi connectivity index (χ4v) is 3.11. The number of carbonyl (C=O) groups excluding carboxylic acids is 1. The molecule has 3 aromatic rings. The molecule has 30 heavy (non-hydrogen) atoms. The second-order valence-corrected chi connectivity index (χ2v) is 7.60. The second kappa shape index (κ2) is 9.39. The van der Waals surface area contributed by atoms with Crippen LogP contribution in [0, 0.1) is 0 Å². The Hall–Kier alpha value is -3.41. The van der Waals surface area contributed by atoms with Crippen LogP contribution in [0.5, 0.6) is 5.75 Å². The van der Waals surface area contributed by atoms with Crippen LogP contribution in [-0.2, 0) is 17.8 Å². The predicted molar refractivity (Wildman–Crippen MR) is 119 cm³/mol. The minimum Gasteiger partial charge on any atom is -0.492 e. The second-order valence-electron chi connectivity index (χ2n) is 7.60. The van der Waals surface area contributed by atoms with Crippen LogP contribution in [-0.4, -0.2) is 28.0 Å². The monoisotopic (exact) mass is 405 g/mol. The highest BCUT2D eigenvalue weighted by atomic mass is 16.5. The SMILES string of the molecule is CCc1nc(-c2ccccc2)cc(=O)n1CCOc1ccc(NC(C)(C)C=O)cc1. The van der Waals surface area contributed by atoms with Gasteiger partial charge in [-0.3, -0.25) is 9.36 Å². The minimum absolute atomic E-state index is 0.0834. The van der Waals surface area contributed by atoms with E-state index in [1.807, 2.05) is 75.4 Å². The maximum absolute atomic E-state index is 12.7. The Kier molecular flexibility index (Phi) is 6.67. The number of benzene rings is 2. The van der Waals surface area contributed by atoms with Crippen LogP contribution in [0.15, 0.2) is 65.5 Å². The van der Waals surface area contributed by atoms with Crippen molar-refractivity contribution in [2.75, 3.05) is 11.9 Å². The van der Waals surface area contributed by atoms with E-state index >= 15 is 0 Å². The molecule has 3 rings (SSSR count). The van der Waals surface area contributed by atoms with Gasteiger partial charge in [0.1, 0.15) is 24.5 Å². The van der Waals surface area contributed by atoms with Crippen LogP contribution in [0.1, 0.15) is 26.6 Å². The summed E-state index contributed by atoms with van der Waals surface area (Å²) in [4.78, 5) is 28.4. The molecule has 6 nitrogen and oxygen atoms in total. The first-order chi connectivity index (χ1) is 14.4. The van der Waals surface area contributed by atoms with Crippen LogP contribution in [0.25, 0.3) is 11.3 Å². The van der Waals surface area contributed by atoms with Crippen LogP contribution >= 0.6 is 0 Å². The first-order valence-corrected chi connectivity index (χ1v) is 10.1. The third-order valence-electron chi connectivity index (χ3n) is 4.67. The molecule has 6 heteroatoms. The lowest BCUT2D eigenvalue weighted by Crippen LogP contribution is -2.32. The predicted octanol–water partition coefficient (Wildman–Crippen LogP) is 3.94. The number of rotatable bonds is 9. The topological polar surface area (TPSA) is 73.2 Å². The number of nitrogens with zero attached hydrogens (tertiary/aromatic N) is 2. The molecule has 0 saturated heterocycles. The van der Waals surface area contributed by atoms with Gasteiger partial charge < -0.3 is 14.8 Å². The molecule has 0 radical (unpaired) electrons. The van der Waals surface area contributed by atoms with Crippen LogP contribution in [0.4, 0.5) is 5.69 Å². The molecule has 1 aromatic heterocycles. The van der Waals surface area contributed by atoms with E-state index in [-0.39, 0.29) is 5.56 Å². The third kappa shape index (κ3) is 5.35. The number of hydrogen-bond donors (Lipinski definition) is 1. The average Bonchev–Trinajstić information content (AvgIpc) is 2.76. The summed E-state index contributed by atoms with van der Waals surface area (Å²) in [5.41, 5.74) is 1.75. The zero-order chi connectivity index (χ0) is 21.6. The molecule has 1 heterocycles. The molecule has 0 spiro atoms. The van der Waals surface area contributed by atoms with Gasteiger partial charge in [0.2, 0.25) is 0 Å². The molecule has 0 fully saturated rings. The number of aldehydes is 1. The summed E-state index contributed by atoms with van der Waals surface area (Å²) in [6, 6.07) is 18.7. The number of ether oxygens (including phenoxy) is 1. The molecular weight excluding hydrogens is 378 g/mol. The zero-order valence-corrected chi connectivity index (χ0v) is 17.6. The van der Waals surface area contributed by atoms with Gasteiger partial charge in [-0.1, -0.05) is 37.3 Å². The van der Waals surface area contributed by atoms with Gasteiger partial charge in [-0.2, -0.15) is 0 Å². The van der Waals surface area contributed by atoms with Gasteiger partial charge in [-0.05, 0) is 38.1 Å². The molecule has 0 saturated carbocycles. The van der Waals surface area contributed by atoms with E-state index in [4.69, 9.17) is 4.74 Å². The molecule has 1 N–H and O–H groups in total. The van der Waals surface area contributed by atoms with E-state index in [9.17, 15) is 9.59 Å². The molecule has 0 amide bonds. The summed E-state index contributed by atoms with van der Waals surface area (Å²) in [6.07, 6.45) is 1.53. The molecule has 156 valence electrons. The van der Waals surface area contributed by atoms with E-state index in [0.717, 1.165) is 23.4 Å². The average molecular weight is 405 g/mol. The van der Waals surface area contributed by atoms with Crippen molar-refractivity contribution >= 4 is 12.0 Å². The number of nitrogens with one attached hydrogen (secondary N) is 1. The molecule has 0 aliphatic rings. The summed E-state index contributed by atoms with van der Waals surface area (Å²) in [5.74, 6) is 1.44. The highest BCUT2D eigenvalue weighted by molar-refractivity contribution is 5.69. The number of aryl methyl sites for hydroxylation is 1. The summed E-state index contributed by atoms with van der Waals surface area (Å²) >= 11 is 0. The van der Waals surface area contributed by atoms with Crippen molar-refractivity contribution in [2.45, 2.75) is 39.3 Å². The largest absolute Gasteiger partial charge is 0.492 e. The minimum atomic E-state index is -0.626. The zero-order valence-electron chi connectivity index (χ0n) is 17.6. The van der Waals surface area contributed by atoms with Gasteiger partial charge in [0.15, 0.2) is 0 Å². The van der Waals surface area contributed by atoms with Crippen LogP contribution in [0.3, 0.4) is 0 Å². The lowest BCUT2D eigenvalue weighted by atomic mass is 10.1. The first kappa shape index (κ1) is 21.3. The van der Waals surface area contributed by atoms with Gasteiger partial charge >= 0.3 is 0 Å². The Labute approximate surface area is 176 Å². The Morgan fingerprint density at radius 1 is 1.10 bits per heavy atom. The van der Waals surface area contributed by atoms with Gasteiger partial charge in [-0.25, -0.2) is 4.98 Å². The fraction of sp³-hybridized carbons (Fsp3) is 0.292. The lowest BCUT2D eigenvalue weighted by molar-refractivity contribution is -0.110. The maximum atomic E-state index is 12.7. The summed E-state index contributed by atoms with van der Waals surface area (Å²) in [7, 11) is 0. The summed E-state index contributed by atoms with van der Waals surface area (Å²) < 4.78 is 7.47. The molecule has 0 bridgehead atoms. The highest BCUT2D eigenvalue weighted by Gasteiger charge is 2.15. The van der Waals surface area contributed by atoms with Crippen molar-refractivity contribution < 1.29 is 9.53 Å². The van der Waals surface area contributed by atoms with E-state index in [2.05, 4.69) is 10.3 Å². The number of aromatic nitrogens is 2. The van der Waals surface area contributed by atoms with Crippen molar-refractivity contribution in [3.8, 4) is 17.0 Å². The molecule has 0 aliphatic heterocycles. The van der Waals surface area contributed by atoms with Crippen molar-refractivity contribution in [3.63, 3.8) is 0 Å². The van der Waals surface area contributed by atoms with Gasteiger partial charge in [0.25, 0.3) is 5.56 Å². The molecular formula is C24H27N3O3. The quantitative estimate of drug-likeness (QED) is 0.546. The Morgan fingerprint density at radius 2 is 1.80 bits per heavy atom. The molecule has 2 aromatic carbocycles. The molecule has 0 aliphatic carbocycles. The van der Waals surface area contributed by atoms with Crippen molar-refractivity contribution in [2.24, 2.45) is 0 Å². The van der Waals surface area contributed by atoms with Crippen molar-refractivity contribution in [3.05, 3.63) is 76.8 Å².